The molecule has 6 heteroatoms. The summed E-state index contributed by atoms with van der Waals surface area (Å²) in [6, 6.07) is 6.58. The Balaban J connectivity index is 2.32. The smallest absolute Gasteiger partial charge is 0.243 e. The molecule has 2 rings (SSSR count). The van der Waals surface area contributed by atoms with Crippen LogP contribution in [0, 0.1) is 0 Å². The van der Waals surface area contributed by atoms with Gasteiger partial charge in [0.25, 0.3) is 0 Å². The maximum atomic E-state index is 12.4. The van der Waals surface area contributed by atoms with Crippen LogP contribution in [-0.2, 0) is 14.8 Å². The second kappa shape index (κ2) is 5.06. The third kappa shape index (κ3) is 2.70. The molecule has 1 aromatic rings. The van der Waals surface area contributed by atoms with Crippen molar-refractivity contribution in [3.05, 3.63) is 28.7 Å². The predicted octanol–water partition coefficient (Wildman–Crippen LogP) is 1.86. The summed E-state index contributed by atoms with van der Waals surface area (Å²) in [5, 5.41) is 0. The fourth-order valence-electron chi connectivity index (χ4n) is 1.81. The van der Waals surface area contributed by atoms with Crippen LogP contribution < -0.4 is 0 Å². The first-order chi connectivity index (χ1) is 8.01. The van der Waals surface area contributed by atoms with Gasteiger partial charge in [0.05, 0.1) is 18.1 Å². The highest BCUT2D eigenvalue weighted by atomic mass is 79.9. The van der Waals surface area contributed by atoms with Gasteiger partial charge in [0.1, 0.15) is 0 Å². The largest absolute Gasteiger partial charge is 0.378 e. The first-order valence-electron chi connectivity index (χ1n) is 5.37. The number of sulfonamides is 1. The van der Waals surface area contributed by atoms with Crippen LogP contribution in [0.25, 0.3) is 0 Å². The summed E-state index contributed by atoms with van der Waals surface area (Å²) in [7, 11) is -3.40. The predicted molar refractivity (Wildman–Crippen MR) is 68.3 cm³/mol. The third-order valence-corrected chi connectivity index (χ3v) is 5.28. The van der Waals surface area contributed by atoms with Crippen LogP contribution in [0.5, 0.6) is 0 Å². The highest BCUT2D eigenvalue weighted by molar-refractivity contribution is 9.10. The highest BCUT2D eigenvalue weighted by Gasteiger charge is 2.31. The molecule has 0 aromatic heterocycles. The zero-order valence-corrected chi connectivity index (χ0v) is 11.9. The zero-order valence-electron chi connectivity index (χ0n) is 9.47. The van der Waals surface area contributed by atoms with E-state index in [9.17, 15) is 8.42 Å². The van der Waals surface area contributed by atoms with Gasteiger partial charge in [-0.2, -0.15) is 4.31 Å². The first-order valence-corrected chi connectivity index (χ1v) is 7.60. The van der Waals surface area contributed by atoms with Gasteiger partial charge >= 0.3 is 0 Å². The molecule has 94 valence electrons. The van der Waals surface area contributed by atoms with Crippen LogP contribution in [0.2, 0.25) is 0 Å². The average molecular weight is 320 g/mol. The summed E-state index contributed by atoms with van der Waals surface area (Å²) in [6.07, 6.45) is 0. The Morgan fingerprint density at radius 2 is 2.00 bits per heavy atom. The van der Waals surface area contributed by atoms with Crippen LogP contribution in [0.1, 0.15) is 6.92 Å². The number of benzene rings is 1. The van der Waals surface area contributed by atoms with E-state index in [0.717, 1.165) is 4.47 Å². The molecule has 0 bridgehead atoms. The highest BCUT2D eigenvalue weighted by Crippen LogP contribution is 2.22. The number of hydrogen-bond donors (Lipinski definition) is 0. The van der Waals surface area contributed by atoms with Gasteiger partial charge in [-0.3, -0.25) is 0 Å². The molecule has 17 heavy (non-hydrogen) atoms. The minimum atomic E-state index is -3.40. The fraction of sp³-hybridized carbons (Fsp3) is 0.455. The van der Waals surface area contributed by atoms with Gasteiger partial charge in [-0.05, 0) is 31.2 Å². The second-order valence-electron chi connectivity index (χ2n) is 3.99. The van der Waals surface area contributed by atoms with Crippen LogP contribution in [0.4, 0.5) is 0 Å². The van der Waals surface area contributed by atoms with Crippen molar-refractivity contribution in [2.45, 2.75) is 17.9 Å². The molecule has 4 nitrogen and oxygen atoms in total. The summed E-state index contributed by atoms with van der Waals surface area (Å²) in [6.45, 7) is 3.19. The molecule has 1 unspecified atom stereocenters. The van der Waals surface area contributed by atoms with E-state index in [1.165, 1.54) is 4.31 Å². The van der Waals surface area contributed by atoms with Crippen LogP contribution in [0.3, 0.4) is 0 Å². The molecule has 0 radical (unpaired) electrons. The van der Waals surface area contributed by atoms with Gasteiger partial charge in [-0.15, -0.1) is 0 Å². The van der Waals surface area contributed by atoms with Crippen molar-refractivity contribution in [3.63, 3.8) is 0 Å². The number of ether oxygens (including phenoxy) is 1. The van der Waals surface area contributed by atoms with Crippen molar-refractivity contribution in [3.8, 4) is 0 Å². The Labute approximate surface area is 110 Å². The van der Waals surface area contributed by atoms with Crippen molar-refractivity contribution >= 4 is 26.0 Å². The minimum absolute atomic E-state index is 0.114. The van der Waals surface area contributed by atoms with Crippen molar-refractivity contribution in [2.24, 2.45) is 0 Å². The Morgan fingerprint density at radius 3 is 2.59 bits per heavy atom. The van der Waals surface area contributed by atoms with Crippen molar-refractivity contribution in [1.82, 2.24) is 4.31 Å². The van der Waals surface area contributed by atoms with Gasteiger partial charge in [-0.25, -0.2) is 8.42 Å². The first kappa shape index (κ1) is 13.0. The third-order valence-electron chi connectivity index (χ3n) is 2.73. The molecule has 0 saturated carbocycles. The topological polar surface area (TPSA) is 46.6 Å². The van der Waals surface area contributed by atoms with E-state index in [4.69, 9.17) is 4.74 Å². The van der Waals surface area contributed by atoms with E-state index >= 15 is 0 Å². The van der Waals surface area contributed by atoms with Gasteiger partial charge < -0.3 is 4.74 Å². The van der Waals surface area contributed by atoms with Gasteiger partial charge in [-0.1, -0.05) is 15.9 Å². The summed E-state index contributed by atoms with van der Waals surface area (Å²) in [5.41, 5.74) is 0. The molecule has 1 aliphatic heterocycles. The lowest BCUT2D eigenvalue weighted by Crippen LogP contribution is -2.46. The molecule has 1 saturated heterocycles. The SMILES string of the molecule is CC1COCCN1S(=O)(=O)c1ccc(Br)cc1. The Kier molecular flexibility index (Phi) is 3.87. The van der Waals surface area contributed by atoms with E-state index in [-0.39, 0.29) is 6.04 Å². The molecular weight excluding hydrogens is 306 g/mol. The molecule has 0 spiro atoms. The molecule has 1 fully saturated rings. The Hall–Kier alpha value is -0.430. The van der Waals surface area contributed by atoms with E-state index in [1.54, 1.807) is 24.3 Å². The van der Waals surface area contributed by atoms with E-state index in [1.807, 2.05) is 6.92 Å². The lowest BCUT2D eigenvalue weighted by molar-refractivity contribution is 0.0393. The van der Waals surface area contributed by atoms with Gasteiger partial charge in [0.15, 0.2) is 0 Å². The summed E-state index contributed by atoms with van der Waals surface area (Å²) >= 11 is 3.29. The summed E-state index contributed by atoms with van der Waals surface area (Å²) in [5.74, 6) is 0. The van der Waals surface area contributed by atoms with Crippen LogP contribution >= 0.6 is 15.9 Å². The summed E-state index contributed by atoms with van der Waals surface area (Å²) < 4.78 is 32.3. The molecule has 0 amide bonds. The van der Waals surface area contributed by atoms with Crippen molar-refractivity contribution in [2.75, 3.05) is 19.8 Å². The van der Waals surface area contributed by atoms with Crippen molar-refractivity contribution < 1.29 is 13.2 Å². The zero-order chi connectivity index (χ0) is 12.5. The second-order valence-corrected chi connectivity index (χ2v) is 6.80. The molecule has 0 aliphatic carbocycles. The molecule has 1 aliphatic rings. The number of hydrogen-bond acceptors (Lipinski definition) is 3. The fourth-order valence-corrected chi connectivity index (χ4v) is 3.68. The van der Waals surface area contributed by atoms with E-state index < -0.39 is 10.0 Å². The van der Waals surface area contributed by atoms with E-state index in [0.29, 0.717) is 24.7 Å². The standard InChI is InChI=1S/C11H14BrNO3S/c1-9-8-16-7-6-13(9)17(14,15)11-4-2-10(12)3-5-11/h2-5,9H,6-8H2,1H3. The number of morpholine rings is 1. The molecule has 0 N–H and O–H groups in total. The normalized spacial score (nSPS) is 22.6. The molecular formula is C11H14BrNO3S. The molecule has 1 aromatic carbocycles. The Bertz CT molecular complexity index is 486. The minimum Gasteiger partial charge on any atom is -0.378 e. The monoisotopic (exact) mass is 319 g/mol. The quantitative estimate of drug-likeness (QED) is 0.836. The molecule has 1 heterocycles. The average Bonchev–Trinajstić information content (AvgIpc) is 2.30. The summed E-state index contributed by atoms with van der Waals surface area (Å²) in [4.78, 5) is 0.328. The lowest BCUT2D eigenvalue weighted by Gasteiger charge is -2.32. The number of rotatable bonds is 2. The maximum Gasteiger partial charge on any atom is 0.243 e. The van der Waals surface area contributed by atoms with Gasteiger partial charge in [0, 0.05) is 17.1 Å². The number of nitrogens with zero attached hydrogens (tertiary/aromatic N) is 1. The van der Waals surface area contributed by atoms with Crippen LogP contribution in [0.15, 0.2) is 33.6 Å². The van der Waals surface area contributed by atoms with Gasteiger partial charge in [0.2, 0.25) is 10.0 Å². The van der Waals surface area contributed by atoms with Crippen LogP contribution in [-0.4, -0.2) is 38.5 Å². The maximum absolute atomic E-state index is 12.4. The Morgan fingerprint density at radius 1 is 1.35 bits per heavy atom. The van der Waals surface area contributed by atoms with E-state index in [2.05, 4.69) is 15.9 Å². The lowest BCUT2D eigenvalue weighted by atomic mass is 10.3. The molecule has 1 atom stereocenters. The van der Waals surface area contributed by atoms with Crippen molar-refractivity contribution in [1.29, 1.82) is 0 Å². The number of halogens is 1.